The van der Waals surface area contributed by atoms with Gasteiger partial charge in [0.05, 0.1) is 0 Å². The molecule has 5 rings (SSSR count). The third-order valence-electron chi connectivity index (χ3n) is 6.49. The average molecular weight is 430 g/mol. The molecular formula is C24H27N7O. The van der Waals surface area contributed by atoms with Gasteiger partial charge in [0.1, 0.15) is 17.3 Å². The highest BCUT2D eigenvalue weighted by Crippen LogP contribution is 2.31. The smallest absolute Gasteiger partial charge is 0.270 e. The molecule has 0 atom stereocenters. The van der Waals surface area contributed by atoms with Crippen molar-refractivity contribution in [2.45, 2.75) is 38.6 Å². The summed E-state index contributed by atoms with van der Waals surface area (Å²) in [4.78, 5) is 24.5. The third-order valence-corrected chi connectivity index (χ3v) is 6.49. The SMILES string of the molecule is Cc1cc(Nc2ncc3cc(C#N)c(=O)n(C4CCCC4)c3n2)ccc1N1CCNCC1. The third kappa shape index (κ3) is 3.80. The monoisotopic (exact) mass is 429 g/mol. The molecule has 32 heavy (non-hydrogen) atoms. The first-order valence-corrected chi connectivity index (χ1v) is 11.3. The van der Waals surface area contributed by atoms with Crippen LogP contribution in [0, 0.1) is 18.3 Å². The van der Waals surface area contributed by atoms with Crippen molar-refractivity contribution >= 4 is 28.4 Å². The minimum atomic E-state index is -0.257. The standard InChI is InChI=1S/C24H27N7O/c1-16-12-19(6-7-21(16)30-10-8-26-9-11-30)28-24-27-15-18-13-17(14-25)23(32)31(22(18)29-24)20-4-2-3-5-20/h6-7,12-13,15,20,26H,2-5,8-11H2,1H3,(H,27,28,29). The molecule has 1 saturated carbocycles. The molecule has 2 N–H and O–H groups in total. The maximum Gasteiger partial charge on any atom is 0.270 e. The van der Waals surface area contributed by atoms with Gasteiger partial charge in [0.25, 0.3) is 5.56 Å². The molecule has 2 fully saturated rings. The normalized spacial score (nSPS) is 16.9. The van der Waals surface area contributed by atoms with Crippen molar-refractivity contribution in [2.24, 2.45) is 0 Å². The summed E-state index contributed by atoms with van der Waals surface area (Å²) in [6, 6.07) is 10.00. The molecule has 164 valence electrons. The Morgan fingerprint density at radius 2 is 1.97 bits per heavy atom. The van der Waals surface area contributed by atoms with Crippen LogP contribution in [0.5, 0.6) is 0 Å². The maximum absolute atomic E-state index is 13.0. The number of aromatic nitrogens is 3. The zero-order chi connectivity index (χ0) is 22.1. The fraction of sp³-hybridized carbons (Fsp3) is 0.417. The van der Waals surface area contributed by atoms with E-state index in [0.29, 0.717) is 17.0 Å². The van der Waals surface area contributed by atoms with Crippen molar-refractivity contribution in [1.82, 2.24) is 19.9 Å². The van der Waals surface area contributed by atoms with Gasteiger partial charge in [-0.05, 0) is 49.6 Å². The van der Waals surface area contributed by atoms with E-state index >= 15 is 0 Å². The van der Waals surface area contributed by atoms with Crippen LogP contribution in [0.3, 0.4) is 0 Å². The van der Waals surface area contributed by atoms with E-state index in [1.165, 1.54) is 11.3 Å². The van der Waals surface area contributed by atoms with Gasteiger partial charge in [0.2, 0.25) is 5.95 Å². The van der Waals surface area contributed by atoms with Crippen molar-refractivity contribution in [1.29, 1.82) is 5.26 Å². The van der Waals surface area contributed by atoms with Crippen LogP contribution in [0.2, 0.25) is 0 Å². The molecule has 0 spiro atoms. The van der Waals surface area contributed by atoms with Crippen LogP contribution in [0.15, 0.2) is 35.3 Å². The predicted octanol–water partition coefficient (Wildman–Crippen LogP) is 3.24. The van der Waals surface area contributed by atoms with Gasteiger partial charge in [0.15, 0.2) is 0 Å². The predicted molar refractivity (Wildman–Crippen MR) is 126 cm³/mol. The van der Waals surface area contributed by atoms with Crippen molar-refractivity contribution in [3.8, 4) is 6.07 Å². The van der Waals surface area contributed by atoms with Crippen LogP contribution in [0.1, 0.15) is 42.9 Å². The fourth-order valence-electron chi connectivity index (χ4n) is 4.88. The van der Waals surface area contributed by atoms with E-state index < -0.39 is 0 Å². The van der Waals surface area contributed by atoms with Crippen molar-refractivity contribution in [2.75, 3.05) is 36.4 Å². The molecule has 1 aliphatic carbocycles. The molecule has 2 aliphatic rings. The average Bonchev–Trinajstić information content (AvgIpc) is 3.34. The number of nitriles is 1. The fourth-order valence-corrected chi connectivity index (χ4v) is 4.88. The largest absolute Gasteiger partial charge is 0.369 e. The molecule has 8 nitrogen and oxygen atoms in total. The summed E-state index contributed by atoms with van der Waals surface area (Å²) in [7, 11) is 0. The number of hydrogen-bond donors (Lipinski definition) is 2. The molecule has 0 bridgehead atoms. The van der Waals surface area contributed by atoms with Crippen LogP contribution in [-0.4, -0.2) is 40.7 Å². The molecule has 2 aromatic heterocycles. The summed E-state index contributed by atoms with van der Waals surface area (Å²) in [5, 5.41) is 16.8. The molecule has 1 aliphatic heterocycles. The molecule has 3 heterocycles. The molecule has 3 aromatic rings. The van der Waals surface area contributed by atoms with Crippen LogP contribution in [0.25, 0.3) is 11.0 Å². The van der Waals surface area contributed by atoms with E-state index in [1.807, 2.05) is 12.1 Å². The van der Waals surface area contributed by atoms with Crippen molar-refractivity contribution in [3.63, 3.8) is 0 Å². The summed E-state index contributed by atoms with van der Waals surface area (Å²) in [6.07, 6.45) is 5.74. The zero-order valence-electron chi connectivity index (χ0n) is 18.3. The Morgan fingerprint density at radius 3 is 2.69 bits per heavy atom. The summed E-state index contributed by atoms with van der Waals surface area (Å²) in [5.74, 6) is 0.447. The highest BCUT2D eigenvalue weighted by atomic mass is 16.1. The first-order valence-electron chi connectivity index (χ1n) is 11.3. The zero-order valence-corrected chi connectivity index (χ0v) is 18.3. The first-order chi connectivity index (χ1) is 15.6. The highest BCUT2D eigenvalue weighted by molar-refractivity contribution is 5.77. The van der Waals surface area contributed by atoms with Gasteiger partial charge in [-0.2, -0.15) is 10.2 Å². The number of aryl methyl sites for hydroxylation is 1. The molecule has 1 aromatic carbocycles. The van der Waals surface area contributed by atoms with Gasteiger partial charge in [-0.3, -0.25) is 9.36 Å². The Labute approximate surface area is 186 Å². The van der Waals surface area contributed by atoms with Crippen LogP contribution < -0.4 is 21.1 Å². The Hall–Kier alpha value is -3.44. The van der Waals surface area contributed by atoms with Crippen LogP contribution >= 0.6 is 0 Å². The lowest BCUT2D eigenvalue weighted by Crippen LogP contribution is -2.43. The van der Waals surface area contributed by atoms with Gasteiger partial charge in [-0.15, -0.1) is 0 Å². The molecule has 0 amide bonds. The van der Waals surface area contributed by atoms with E-state index in [2.05, 4.69) is 39.6 Å². The Balaban J connectivity index is 1.48. The number of hydrogen-bond acceptors (Lipinski definition) is 7. The molecule has 0 unspecified atom stereocenters. The molecule has 1 saturated heterocycles. The minimum Gasteiger partial charge on any atom is -0.369 e. The Bertz CT molecular complexity index is 1250. The number of anilines is 3. The number of nitrogens with zero attached hydrogens (tertiary/aromatic N) is 5. The van der Waals surface area contributed by atoms with E-state index in [4.69, 9.17) is 4.98 Å². The van der Waals surface area contributed by atoms with Gasteiger partial charge in [0, 0.05) is 55.2 Å². The topological polar surface area (TPSA) is 98.9 Å². The Morgan fingerprint density at radius 1 is 1.19 bits per heavy atom. The molecule has 0 radical (unpaired) electrons. The maximum atomic E-state index is 13.0. The number of nitrogens with one attached hydrogen (secondary N) is 2. The second-order valence-corrected chi connectivity index (χ2v) is 8.62. The first kappa shape index (κ1) is 20.5. The molecular weight excluding hydrogens is 402 g/mol. The van der Waals surface area contributed by atoms with Crippen LogP contribution in [0.4, 0.5) is 17.3 Å². The van der Waals surface area contributed by atoms with Crippen LogP contribution in [-0.2, 0) is 0 Å². The number of benzene rings is 1. The lowest BCUT2D eigenvalue weighted by Gasteiger charge is -2.30. The van der Waals surface area contributed by atoms with Crippen molar-refractivity contribution < 1.29 is 0 Å². The summed E-state index contributed by atoms with van der Waals surface area (Å²) in [6.45, 7) is 6.13. The number of piperazine rings is 1. The van der Waals surface area contributed by atoms with Crippen molar-refractivity contribution in [3.05, 3.63) is 51.9 Å². The number of fused-ring (bicyclic) bond motifs is 1. The molecule has 8 heteroatoms. The van der Waals surface area contributed by atoms with E-state index in [-0.39, 0.29) is 17.2 Å². The lowest BCUT2D eigenvalue weighted by molar-refractivity contribution is 0.515. The second kappa shape index (κ2) is 8.60. The van der Waals surface area contributed by atoms with Gasteiger partial charge >= 0.3 is 0 Å². The summed E-state index contributed by atoms with van der Waals surface area (Å²) < 4.78 is 1.71. The highest BCUT2D eigenvalue weighted by Gasteiger charge is 2.23. The second-order valence-electron chi connectivity index (χ2n) is 8.62. The quantitative estimate of drug-likeness (QED) is 0.657. The van der Waals surface area contributed by atoms with Gasteiger partial charge < -0.3 is 15.5 Å². The van der Waals surface area contributed by atoms with Gasteiger partial charge in [-0.25, -0.2) is 4.98 Å². The van der Waals surface area contributed by atoms with Gasteiger partial charge in [-0.1, -0.05) is 12.8 Å². The Kier molecular flexibility index (Phi) is 5.50. The van der Waals surface area contributed by atoms with E-state index in [9.17, 15) is 10.1 Å². The summed E-state index contributed by atoms with van der Waals surface area (Å²) in [5.41, 5.74) is 3.83. The minimum absolute atomic E-state index is 0.0848. The number of rotatable bonds is 4. The van der Waals surface area contributed by atoms with E-state index in [0.717, 1.165) is 57.5 Å². The van der Waals surface area contributed by atoms with E-state index in [1.54, 1.807) is 16.8 Å². The lowest BCUT2D eigenvalue weighted by atomic mass is 10.1. The summed E-state index contributed by atoms with van der Waals surface area (Å²) >= 11 is 0. The number of pyridine rings is 1.